The molecule has 19 heavy (non-hydrogen) atoms. The first-order valence-electron chi connectivity index (χ1n) is 6.26. The molecule has 0 saturated carbocycles. The lowest BCUT2D eigenvalue weighted by molar-refractivity contribution is 0.0617. The number of hydrogen-bond donors (Lipinski definition) is 2. The number of aromatic amines is 1. The predicted molar refractivity (Wildman–Crippen MR) is 73.9 cm³/mol. The molecule has 0 bridgehead atoms. The molecule has 0 saturated heterocycles. The highest BCUT2D eigenvalue weighted by atomic mass is 16.5. The van der Waals surface area contributed by atoms with E-state index in [4.69, 9.17) is 9.47 Å². The van der Waals surface area contributed by atoms with E-state index in [1.165, 1.54) is 0 Å². The Morgan fingerprint density at radius 1 is 1.26 bits per heavy atom. The summed E-state index contributed by atoms with van der Waals surface area (Å²) in [7, 11) is 1.67. The first kappa shape index (κ1) is 13.6. The predicted octanol–water partition coefficient (Wildman–Crippen LogP) is 2.18. The number of methoxy groups -OCH3 is 1. The lowest BCUT2D eigenvalue weighted by atomic mass is 10.2. The van der Waals surface area contributed by atoms with Crippen LogP contribution in [-0.2, 0) is 22.6 Å². The number of rotatable bonds is 8. The second kappa shape index (κ2) is 7.56. The van der Waals surface area contributed by atoms with Crippen molar-refractivity contribution in [2.75, 3.05) is 25.6 Å². The molecular weight excluding hydrogens is 242 g/mol. The molecule has 0 aliphatic carbocycles. The minimum atomic E-state index is 0.600. The number of aromatic nitrogens is 2. The molecule has 0 spiro atoms. The second-order valence-corrected chi connectivity index (χ2v) is 4.18. The maximum Gasteiger partial charge on any atom is 0.0718 e. The van der Waals surface area contributed by atoms with Crippen LogP contribution in [0.3, 0.4) is 0 Å². The third-order valence-corrected chi connectivity index (χ3v) is 2.67. The first-order chi connectivity index (χ1) is 9.38. The minimum Gasteiger partial charge on any atom is -0.382 e. The van der Waals surface area contributed by atoms with Gasteiger partial charge in [0.15, 0.2) is 0 Å². The Morgan fingerprint density at radius 3 is 3.00 bits per heavy atom. The van der Waals surface area contributed by atoms with Gasteiger partial charge in [-0.15, -0.1) is 0 Å². The Labute approximate surface area is 112 Å². The van der Waals surface area contributed by atoms with Crippen LogP contribution in [0.15, 0.2) is 36.5 Å². The summed E-state index contributed by atoms with van der Waals surface area (Å²) in [5, 5.41) is 10.2. The van der Waals surface area contributed by atoms with Crippen LogP contribution in [0, 0.1) is 0 Å². The third kappa shape index (κ3) is 4.73. The lowest BCUT2D eigenvalue weighted by Crippen LogP contribution is -2.03. The average molecular weight is 261 g/mol. The zero-order valence-electron chi connectivity index (χ0n) is 11.1. The summed E-state index contributed by atoms with van der Waals surface area (Å²) >= 11 is 0. The van der Waals surface area contributed by atoms with Crippen molar-refractivity contribution >= 4 is 5.69 Å². The summed E-state index contributed by atoms with van der Waals surface area (Å²) in [6.07, 6.45) is 1.75. The van der Waals surface area contributed by atoms with Gasteiger partial charge in [0.05, 0.1) is 32.1 Å². The minimum absolute atomic E-state index is 0.600. The largest absolute Gasteiger partial charge is 0.382 e. The number of hydrogen-bond acceptors (Lipinski definition) is 4. The Kier molecular flexibility index (Phi) is 5.40. The van der Waals surface area contributed by atoms with Crippen LogP contribution in [0.5, 0.6) is 0 Å². The van der Waals surface area contributed by atoms with Gasteiger partial charge >= 0.3 is 0 Å². The van der Waals surface area contributed by atoms with Crippen LogP contribution in [-0.4, -0.2) is 30.5 Å². The van der Waals surface area contributed by atoms with E-state index in [0.717, 1.165) is 23.5 Å². The van der Waals surface area contributed by atoms with Crippen molar-refractivity contribution in [3.63, 3.8) is 0 Å². The molecule has 0 aliphatic rings. The second-order valence-electron chi connectivity index (χ2n) is 4.18. The zero-order chi connectivity index (χ0) is 13.3. The van der Waals surface area contributed by atoms with E-state index in [9.17, 15) is 0 Å². The Hall–Kier alpha value is -1.85. The van der Waals surface area contributed by atoms with Gasteiger partial charge < -0.3 is 14.8 Å². The van der Waals surface area contributed by atoms with Gasteiger partial charge in [-0.3, -0.25) is 5.10 Å². The van der Waals surface area contributed by atoms with E-state index in [2.05, 4.69) is 21.6 Å². The van der Waals surface area contributed by atoms with Gasteiger partial charge in [-0.1, -0.05) is 12.1 Å². The van der Waals surface area contributed by atoms with Crippen LogP contribution >= 0.6 is 0 Å². The molecule has 0 fully saturated rings. The van der Waals surface area contributed by atoms with E-state index in [0.29, 0.717) is 19.8 Å². The molecule has 2 N–H and O–H groups in total. The van der Waals surface area contributed by atoms with E-state index in [1.54, 1.807) is 13.3 Å². The standard InChI is InChI=1S/C14H19N3O2/c1-18-7-8-19-11-12-3-2-4-13(9-12)15-10-14-5-6-16-17-14/h2-6,9,15H,7-8,10-11H2,1H3,(H,16,17). The Morgan fingerprint density at radius 2 is 2.21 bits per heavy atom. The van der Waals surface area contributed by atoms with Gasteiger partial charge in [-0.05, 0) is 23.8 Å². The van der Waals surface area contributed by atoms with Crippen LogP contribution in [0.4, 0.5) is 5.69 Å². The van der Waals surface area contributed by atoms with Crippen LogP contribution in [0.25, 0.3) is 0 Å². The molecule has 5 heteroatoms. The highest BCUT2D eigenvalue weighted by Gasteiger charge is 1.98. The molecule has 5 nitrogen and oxygen atoms in total. The van der Waals surface area contributed by atoms with Gasteiger partial charge in [0, 0.05) is 19.0 Å². The van der Waals surface area contributed by atoms with E-state index >= 15 is 0 Å². The molecule has 1 aromatic carbocycles. The SMILES string of the molecule is COCCOCc1cccc(NCc2ccn[nH]2)c1. The number of benzene rings is 1. The highest BCUT2D eigenvalue weighted by molar-refractivity contribution is 5.45. The van der Waals surface area contributed by atoms with Crippen LogP contribution in [0.1, 0.15) is 11.3 Å². The molecule has 2 aromatic rings. The molecular formula is C14H19N3O2. The first-order valence-corrected chi connectivity index (χ1v) is 6.26. The third-order valence-electron chi connectivity index (χ3n) is 2.67. The molecule has 0 radical (unpaired) electrons. The summed E-state index contributed by atoms with van der Waals surface area (Å²) in [5.74, 6) is 0. The molecule has 2 rings (SSSR count). The van der Waals surface area contributed by atoms with E-state index in [1.807, 2.05) is 24.3 Å². The van der Waals surface area contributed by atoms with Crippen LogP contribution in [0.2, 0.25) is 0 Å². The summed E-state index contributed by atoms with van der Waals surface area (Å²) in [6.45, 7) is 2.57. The number of ether oxygens (including phenoxy) is 2. The molecule has 0 atom stereocenters. The topological polar surface area (TPSA) is 59.2 Å². The van der Waals surface area contributed by atoms with Crippen molar-refractivity contribution in [3.8, 4) is 0 Å². The van der Waals surface area contributed by atoms with Crippen molar-refractivity contribution in [2.45, 2.75) is 13.2 Å². The van der Waals surface area contributed by atoms with Crippen molar-refractivity contribution < 1.29 is 9.47 Å². The van der Waals surface area contributed by atoms with Crippen LogP contribution < -0.4 is 5.32 Å². The fourth-order valence-corrected chi connectivity index (χ4v) is 1.68. The van der Waals surface area contributed by atoms with Gasteiger partial charge in [0.25, 0.3) is 0 Å². The normalized spacial score (nSPS) is 10.6. The van der Waals surface area contributed by atoms with E-state index in [-0.39, 0.29) is 0 Å². The van der Waals surface area contributed by atoms with E-state index < -0.39 is 0 Å². The Balaban J connectivity index is 1.81. The number of nitrogens with zero attached hydrogens (tertiary/aromatic N) is 1. The number of anilines is 1. The average Bonchev–Trinajstić information content (AvgIpc) is 2.95. The van der Waals surface area contributed by atoms with Crippen molar-refractivity contribution in [1.29, 1.82) is 0 Å². The smallest absolute Gasteiger partial charge is 0.0718 e. The molecule has 0 unspecified atom stereocenters. The van der Waals surface area contributed by atoms with Gasteiger partial charge in [-0.2, -0.15) is 5.10 Å². The monoisotopic (exact) mass is 261 g/mol. The highest BCUT2D eigenvalue weighted by Crippen LogP contribution is 2.12. The molecule has 0 aliphatic heterocycles. The van der Waals surface area contributed by atoms with Crippen molar-refractivity contribution in [3.05, 3.63) is 47.8 Å². The van der Waals surface area contributed by atoms with Gasteiger partial charge in [-0.25, -0.2) is 0 Å². The fourth-order valence-electron chi connectivity index (χ4n) is 1.68. The maximum atomic E-state index is 5.50. The summed E-state index contributed by atoms with van der Waals surface area (Å²) in [5.41, 5.74) is 3.27. The number of nitrogens with one attached hydrogen (secondary N) is 2. The fraction of sp³-hybridized carbons (Fsp3) is 0.357. The number of H-pyrrole nitrogens is 1. The molecule has 1 aromatic heterocycles. The molecule has 0 amide bonds. The van der Waals surface area contributed by atoms with Gasteiger partial charge in [0.2, 0.25) is 0 Å². The molecule has 1 heterocycles. The molecule has 102 valence electrons. The quantitative estimate of drug-likeness (QED) is 0.715. The van der Waals surface area contributed by atoms with Crippen molar-refractivity contribution in [1.82, 2.24) is 10.2 Å². The summed E-state index contributed by atoms with van der Waals surface area (Å²) in [4.78, 5) is 0. The Bertz CT molecular complexity index is 471. The summed E-state index contributed by atoms with van der Waals surface area (Å²) in [6, 6.07) is 10.1. The zero-order valence-corrected chi connectivity index (χ0v) is 11.1. The maximum absolute atomic E-state index is 5.50. The van der Waals surface area contributed by atoms with Crippen molar-refractivity contribution in [2.24, 2.45) is 0 Å². The lowest BCUT2D eigenvalue weighted by Gasteiger charge is -2.08. The summed E-state index contributed by atoms with van der Waals surface area (Å²) < 4.78 is 10.4. The van der Waals surface area contributed by atoms with Gasteiger partial charge in [0.1, 0.15) is 0 Å².